The Kier molecular flexibility index (Phi) is 5.88. The van der Waals surface area contributed by atoms with Crippen molar-refractivity contribution in [3.63, 3.8) is 0 Å². The molecule has 1 fully saturated rings. The average Bonchev–Trinajstić information content (AvgIpc) is 3.64. The van der Waals surface area contributed by atoms with Crippen LogP contribution in [0.1, 0.15) is 36.4 Å². The molecule has 1 amide bonds. The van der Waals surface area contributed by atoms with Crippen molar-refractivity contribution in [3.8, 4) is 34.5 Å². The monoisotopic (exact) mass is 504 g/mol. The van der Waals surface area contributed by atoms with E-state index in [0.717, 1.165) is 22.6 Å². The molecule has 10 nitrogen and oxygen atoms in total. The van der Waals surface area contributed by atoms with Gasteiger partial charge < -0.3 is 33.3 Å². The summed E-state index contributed by atoms with van der Waals surface area (Å²) in [6.45, 7) is 4.87. The van der Waals surface area contributed by atoms with Crippen molar-refractivity contribution in [1.29, 1.82) is 0 Å². The van der Waals surface area contributed by atoms with Gasteiger partial charge in [0.25, 0.3) is 5.91 Å². The lowest BCUT2D eigenvalue weighted by molar-refractivity contribution is -0.135. The molecule has 2 unspecified atom stereocenters. The first-order valence-electron chi connectivity index (χ1n) is 12.2. The molecule has 0 aliphatic carbocycles. The predicted molar refractivity (Wildman–Crippen MR) is 133 cm³/mol. The number of benzene rings is 2. The van der Waals surface area contributed by atoms with E-state index in [1.54, 1.807) is 18.2 Å². The van der Waals surface area contributed by atoms with Gasteiger partial charge in [-0.3, -0.25) is 4.79 Å². The summed E-state index contributed by atoms with van der Waals surface area (Å²) in [6.07, 6.45) is 4.31. The molecule has 2 atom stereocenters. The number of nitrogens with zero attached hydrogens (tertiary/aromatic N) is 3. The number of rotatable bonds is 7. The number of carbonyl (C=O) groups excluding carboxylic acids is 1. The normalized spacial score (nSPS) is 19.9. The number of ether oxygens (including phenoxy) is 4. The SMILES string of the molecule is CCOc1ccc(-c2nc(CN3C=CN4NC(c5ccc6c(c5)OCO6)CC4C3=O)c(C)o2)cc1OC. The third-order valence-electron chi connectivity index (χ3n) is 6.80. The van der Waals surface area contributed by atoms with Gasteiger partial charge in [-0.2, -0.15) is 0 Å². The van der Waals surface area contributed by atoms with Crippen LogP contribution in [0.2, 0.25) is 0 Å². The van der Waals surface area contributed by atoms with Crippen molar-refractivity contribution in [2.45, 2.75) is 38.9 Å². The molecular formula is C27H28N4O6. The lowest BCUT2D eigenvalue weighted by Crippen LogP contribution is -2.47. The Labute approximate surface area is 214 Å². The molecule has 3 aliphatic heterocycles. The highest BCUT2D eigenvalue weighted by Gasteiger charge is 2.40. The van der Waals surface area contributed by atoms with E-state index in [0.29, 0.717) is 48.4 Å². The number of hydrogen-bond donors (Lipinski definition) is 1. The number of oxazole rings is 1. The Morgan fingerprint density at radius 3 is 2.81 bits per heavy atom. The van der Waals surface area contributed by atoms with Gasteiger partial charge in [-0.15, -0.1) is 0 Å². The second-order valence-corrected chi connectivity index (χ2v) is 9.04. The summed E-state index contributed by atoms with van der Waals surface area (Å²) in [5.41, 5.74) is 5.95. The van der Waals surface area contributed by atoms with Crippen LogP contribution in [-0.2, 0) is 11.3 Å². The number of nitrogens with one attached hydrogen (secondary N) is 1. The minimum atomic E-state index is -0.317. The van der Waals surface area contributed by atoms with Crippen LogP contribution in [0.4, 0.5) is 0 Å². The number of amides is 1. The Balaban J connectivity index is 1.16. The first-order valence-corrected chi connectivity index (χ1v) is 12.2. The van der Waals surface area contributed by atoms with Crippen LogP contribution in [0.5, 0.6) is 23.0 Å². The maximum absolute atomic E-state index is 13.4. The molecule has 2 aromatic carbocycles. The Bertz CT molecular complexity index is 1370. The summed E-state index contributed by atoms with van der Waals surface area (Å²) in [5.74, 6) is 3.88. The fourth-order valence-corrected chi connectivity index (χ4v) is 4.85. The van der Waals surface area contributed by atoms with Crippen LogP contribution in [-0.4, -0.2) is 47.4 Å². The third-order valence-corrected chi connectivity index (χ3v) is 6.80. The molecule has 0 spiro atoms. The van der Waals surface area contributed by atoms with Gasteiger partial charge in [-0.05, 0) is 56.2 Å². The predicted octanol–water partition coefficient (Wildman–Crippen LogP) is 3.92. The summed E-state index contributed by atoms with van der Waals surface area (Å²) >= 11 is 0. The average molecular weight is 505 g/mol. The second kappa shape index (κ2) is 9.36. The van der Waals surface area contributed by atoms with E-state index in [9.17, 15) is 4.79 Å². The van der Waals surface area contributed by atoms with Gasteiger partial charge >= 0.3 is 0 Å². The molecule has 0 radical (unpaired) electrons. The number of methoxy groups -OCH3 is 1. The van der Waals surface area contributed by atoms with Gasteiger partial charge in [0.1, 0.15) is 17.5 Å². The highest BCUT2D eigenvalue weighted by Crippen LogP contribution is 2.38. The first-order chi connectivity index (χ1) is 18.0. The van der Waals surface area contributed by atoms with Crippen LogP contribution in [0.25, 0.3) is 11.5 Å². The zero-order chi connectivity index (χ0) is 25.5. The topological polar surface area (TPSA) is 98.5 Å². The lowest BCUT2D eigenvalue weighted by atomic mass is 10.0. The van der Waals surface area contributed by atoms with Crippen molar-refractivity contribution < 1.29 is 28.2 Å². The number of hydrazine groups is 1. The van der Waals surface area contributed by atoms with E-state index in [1.165, 1.54) is 0 Å². The van der Waals surface area contributed by atoms with Gasteiger partial charge in [0.05, 0.1) is 26.3 Å². The van der Waals surface area contributed by atoms with E-state index >= 15 is 0 Å². The summed E-state index contributed by atoms with van der Waals surface area (Å²) in [5, 5.41) is 1.88. The molecule has 3 aromatic rings. The fourth-order valence-electron chi connectivity index (χ4n) is 4.85. The molecule has 3 aliphatic rings. The molecule has 10 heteroatoms. The van der Waals surface area contributed by atoms with E-state index in [1.807, 2.05) is 61.5 Å². The Morgan fingerprint density at radius 1 is 1.11 bits per heavy atom. The van der Waals surface area contributed by atoms with E-state index in [2.05, 4.69) is 5.43 Å². The second-order valence-electron chi connectivity index (χ2n) is 9.04. The summed E-state index contributed by atoms with van der Waals surface area (Å²) in [6, 6.07) is 11.1. The van der Waals surface area contributed by atoms with Gasteiger partial charge in [-0.25, -0.2) is 10.4 Å². The van der Waals surface area contributed by atoms with Crippen LogP contribution < -0.4 is 24.4 Å². The van der Waals surface area contributed by atoms with Crippen molar-refractivity contribution in [2.24, 2.45) is 0 Å². The van der Waals surface area contributed by atoms with Gasteiger partial charge in [0.15, 0.2) is 23.0 Å². The van der Waals surface area contributed by atoms with Crippen LogP contribution >= 0.6 is 0 Å². The lowest BCUT2D eigenvalue weighted by Gasteiger charge is -2.31. The van der Waals surface area contributed by atoms with Gasteiger partial charge in [0.2, 0.25) is 12.7 Å². The van der Waals surface area contributed by atoms with E-state index < -0.39 is 0 Å². The first kappa shape index (κ1) is 23.2. The van der Waals surface area contributed by atoms with Crippen molar-refractivity contribution in [3.05, 3.63) is 65.8 Å². The van der Waals surface area contributed by atoms with Crippen LogP contribution in [0.3, 0.4) is 0 Å². The molecule has 0 saturated carbocycles. The van der Waals surface area contributed by atoms with Crippen LogP contribution in [0.15, 0.2) is 53.2 Å². The molecule has 1 saturated heterocycles. The molecule has 37 heavy (non-hydrogen) atoms. The maximum atomic E-state index is 13.4. The zero-order valence-corrected chi connectivity index (χ0v) is 20.9. The van der Waals surface area contributed by atoms with Gasteiger partial charge in [-0.1, -0.05) is 6.07 Å². The zero-order valence-electron chi connectivity index (χ0n) is 20.9. The maximum Gasteiger partial charge on any atom is 0.251 e. The summed E-state index contributed by atoms with van der Waals surface area (Å²) in [7, 11) is 1.60. The smallest absolute Gasteiger partial charge is 0.251 e. The standard InChI is InChI=1S/C27H28N4O6/c1-4-34-22-8-6-18(12-24(22)33-3)26-28-20(16(2)37-26)14-30-9-10-31-21(27(30)32)13-19(29-31)17-5-7-23-25(11-17)36-15-35-23/h5-12,19,21,29H,4,13-15H2,1-3H3. The Morgan fingerprint density at radius 2 is 1.97 bits per heavy atom. The van der Waals surface area contributed by atoms with Crippen molar-refractivity contribution in [1.82, 2.24) is 20.3 Å². The van der Waals surface area contributed by atoms with E-state index in [4.69, 9.17) is 28.3 Å². The number of hydrogen-bond acceptors (Lipinski definition) is 9. The minimum Gasteiger partial charge on any atom is -0.493 e. The Hall–Kier alpha value is -4.18. The molecule has 1 aromatic heterocycles. The molecule has 4 heterocycles. The van der Waals surface area contributed by atoms with Crippen molar-refractivity contribution in [2.75, 3.05) is 20.5 Å². The highest BCUT2D eigenvalue weighted by molar-refractivity contribution is 5.84. The highest BCUT2D eigenvalue weighted by atomic mass is 16.7. The molecule has 1 N–H and O–H groups in total. The van der Waals surface area contributed by atoms with E-state index in [-0.39, 0.29) is 24.8 Å². The van der Waals surface area contributed by atoms with Crippen LogP contribution in [0, 0.1) is 6.92 Å². The molecular weight excluding hydrogens is 476 g/mol. The fraction of sp³-hybridized carbons (Fsp3) is 0.333. The van der Waals surface area contributed by atoms with Gasteiger partial charge in [0, 0.05) is 18.0 Å². The minimum absolute atomic E-state index is 0.00456. The summed E-state index contributed by atoms with van der Waals surface area (Å²) in [4.78, 5) is 19.8. The molecule has 0 bridgehead atoms. The summed E-state index contributed by atoms with van der Waals surface area (Å²) < 4.78 is 27.9. The number of aromatic nitrogens is 1. The largest absolute Gasteiger partial charge is 0.493 e. The number of fused-ring (bicyclic) bond motifs is 2. The number of carbonyl (C=O) groups is 1. The molecule has 6 rings (SSSR count). The third kappa shape index (κ3) is 4.23. The number of aryl methyl sites for hydroxylation is 1. The quantitative estimate of drug-likeness (QED) is 0.513. The molecule has 192 valence electrons. The van der Waals surface area contributed by atoms with Crippen molar-refractivity contribution >= 4 is 5.91 Å².